The van der Waals surface area contributed by atoms with Crippen LogP contribution in [-0.4, -0.2) is 19.8 Å². The Morgan fingerprint density at radius 1 is 1.30 bits per heavy atom. The summed E-state index contributed by atoms with van der Waals surface area (Å²) in [6.45, 7) is 3.79. The van der Waals surface area contributed by atoms with Crippen molar-refractivity contribution >= 4 is 5.69 Å². The summed E-state index contributed by atoms with van der Waals surface area (Å²) in [5.74, 6) is 0. The van der Waals surface area contributed by atoms with E-state index >= 15 is 0 Å². The van der Waals surface area contributed by atoms with E-state index in [1.165, 1.54) is 12.1 Å². The average Bonchev–Trinajstić information content (AvgIpc) is 2.41. The standard InChI is InChI=1S/C14H17F3N2O/c1-2-7-20-8-3-6-19-12-5-4-11(10-18)13(9-12)14(15,16)17/h4-5,9,19H,2-3,6-8H2,1H3. The van der Waals surface area contributed by atoms with Crippen molar-refractivity contribution in [2.45, 2.75) is 25.9 Å². The van der Waals surface area contributed by atoms with Crippen molar-refractivity contribution in [1.82, 2.24) is 0 Å². The topological polar surface area (TPSA) is 45.0 Å². The van der Waals surface area contributed by atoms with Crippen LogP contribution in [0.25, 0.3) is 0 Å². The Labute approximate surface area is 116 Å². The van der Waals surface area contributed by atoms with Gasteiger partial charge in [-0.05, 0) is 31.0 Å². The van der Waals surface area contributed by atoms with Crippen LogP contribution in [0.4, 0.5) is 18.9 Å². The van der Waals surface area contributed by atoms with Gasteiger partial charge < -0.3 is 10.1 Å². The second kappa shape index (κ2) is 7.75. The van der Waals surface area contributed by atoms with E-state index in [-0.39, 0.29) is 5.56 Å². The van der Waals surface area contributed by atoms with Crippen LogP contribution >= 0.6 is 0 Å². The largest absolute Gasteiger partial charge is 0.417 e. The lowest BCUT2D eigenvalue weighted by atomic mass is 10.1. The van der Waals surface area contributed by atoms with Crippen molar-refractivity contribution in [2.75, 3.05) is 25.1 Å². The molecule has 0 atom stereocenters. The Hall–Kier alpha value is -1.74. The first-order valence-electron chi connectivity index (χ1n) is 6.42. The molecule has 0 spiro atoms. The molecule has 0 saturated carbocycles. The molecule has 20 heavy (non-hydrogen) atoms. The molecular formula is C14H17F3N2O. The van der Waals surface area contributed by atoms with E-state index in [4.69, 9.17) is 10.00 Å². The van der Waals surface area contributed by atoms with Gasteiger partial charge in [-0.1, -0.05) is 6.92 Å². The van der Waals surface area contributed by atoms with Crippen molar-refractivity contribution in [2.24, 2.45) is 0 Å². The summed E-state index contributed by atoms with van der Waals surface area (Å²) in [5.41, 5.74) is -0.923. The Morgan fingerprint density at radius 2 is 2.05 bits per heavy atom. The first-order chi connectivity index (χ1) is 9.49. The predicted octanol–water partition coefficient (Wildman–Crippen LogP) is 3.81. The molecule has 1 rings (SSSR count). The highest BCUT2D eigenvalue weighted by molar-refractivity contribution is 5.53. The number of nitrogens with zero attached hydrogens (tertiary/aromatic N) is 1. The fourth-order valence-electron chi connectivity index (χ4n) is 1.64. The molecule has 0 aliphatic rings. The summed E-state index contributed by atoms with van der Waals surface area (Å²) in [5, 5.41) is 11.6. The Kier molecular flexibility index (Phi) is 6.32. The molecule has 0 amide bonds. The normalized spacial score (nSPS) is 11.2. The van der Waals surface area contributed by atoms with Crippen LogP contribution in [0.3, 0.4) is 0 Å². The minimum Gasteiger partial charge on any atom is -0.385 e. The monoisotopic (exact) mass is 286 g/mol. The maximum absolute atomic E-state index is 12.7. The molecule has 1 aromatic rings. The van der Waals surface area contributed by atoms with Crippen molar-refractivity contribution in [1.29, 1.82) is 5.26 Å². The third kappa shape index (κ3) is 5.10. The lowest BCUT2D eigenvalue weighted by Crippen LogP contribution is -2.10. The zero-order valence-corrected chi connectivity index (χ0v) is 11.3. The van der Waals surface area contributed by atoms with E-state index in [9.17, 15) is 13.2 Å². The molecular weight excluding hydrogens is 269 g/mol. The van der Waals surface area contributed by atoms with E-state index in [0.29, 0.717) is 31.9 Å². The molecule has 0 unspecified atom stereocenters. The predicted molar refractivity (Wildman–Crippen MR) is 70.4 cm³/mol. The summed E-state index contributed by atoms with van der Waals surface area (Å²) in [7, 11) is 0. The minimum absolute atomic E-state index is 0.354. The molecule has 0 bridgehead atoms. The SMILES string of the molecule is CCCOCCCNc1ccc(C#N)c(C(F)(F)F)c1. The lowest BCUT2D eigenvalue weighted by Gasteiger charge is -2.12. The van der Waals surface area contributed by atoms with Crippen LogP contribution in [0.1, 0.15) is 30.9 Å². The quantitative estimate of drug-likeness (QED) is 0.775. The van der Waals surface area contributed by atoms with Gasteiger partial charge >= 0.3 is 6.18 Å². The number of hydrogen-bond donors (Lipinski definition) is 1. The number of halogens is 3. The highest BCUT2D eigenvalue weighted by Crippen LogP contribution is 2.33. The molecule has 0 radical (unpaired) electrons. The Bertz CT molecular complexity index is 466. The fourth-order valence-corrected chi connectivity index (χ4v) is 1.64. The van der Waals surface area contributed by atoms with Crippen molar-refractivity contribution in [3.8, 4) is 6.07 Å². The number of alkyl halides is 3. The molecule has 0 aliphatic heterocycles. The molecule has 3 nitrogen and oxygen atoms in total. The molecule has 0 fully saturated rings. The fraction of sp³-hybridized carbons (Fsp3) is 0.500. The lowest BCUT2D eigenvalue weighted by molar-refractivity contribution is -0.137. The van der Waals surface area contributed by atoms with Crippen molar-refractivity contribution in [3.05, 3.63) is 29.3 Å². The smallest absolute Gasteiger partial charge is 0.385 e. The average molecular weight is 286 g/mol. The van der Waals surface area contributed by atoms with Gasteiger partial charge in [0.2, 0.25) is 0 Å². The van der Waals surface area contributed by atoms with E-state index in [1.807, 2.05) is 6.92 Å². The zero-order valence-electron chi connectivity index (χ0n) is 11.3. The van der Waals surface area contributed by atoms with Crippen LogP contribution in [0.5, 0.6) is 0 Å². The second-order valence-corrected chi connectivity index (χ2v) is 4.26. The van der Waals surface area contributed by atoms with E-state index < -0.39 is 11.7 Å². The Morgan fingerprint density at radius 3 is 2.65 bits per heavy atom. The third-order valence-corrected chi connectivity index (χ3v) is 2.59. The summed E-state index contributed by atoms with van der Waals surface area (Å²) in [4.78, 5) is 0. The highest BCUT2D eigenvalue weighted by Gasteiger charge is 2.33. The highest BCUT2D eigenvalue weighted by atomic mass is 19.4. The summed E-state index contributed by atoms with van der Waals surface area (Å²) in [6.07, 6.45) is -2.87. The molecule has 6 heteroatoms. The zero-order chi connectivity index (χ0) is 15.0. The molecule has 0 heterocycles. The number of nitriles is 1. The maximum Gasteiger partial charge on any atom is 0.417 e. The molecule has 110 valence electrons. The maximum atomic E-state index is 12.7. The second-order valence-electron chi connectivity index (χ2n) is 4.26. The number of benzene rings is 1. The van der Waals surface area contributed by atoms with Gasteiger partial charge in [-0.25, -0.2) is 0 Å². The van der Waals surface area contributed by atoms with Gasteiger partial charge in [0.05, 0.1) is 17.2 Å². The third-order valence-electron chi connectivity index (χ3n) is 2.59. The summed E-state index contributed by atoms with van der Waals surface area (Å²) in [6, 6.07) is 5.17. The first-order valence-corrected chi connectivity index (χ1v) is 6.42. The van der Waals surface area contributed by atoms with Gasteiger partial charge in [-0.15, -0.1) is 0 Å². The van der Waals surface area contributed by atoms with E-state index in [2.05, 4.69) is 5.32 Å². The van der Waals surface area contributed by atoms with E-state index in [0.717, 1.165) is 12.5 Å². The van der Waals surface area contributed by atoms with Gasteiger partial charge in [-0.2, -0.15) is 18.4 Å². The van der Waals surface area contributed by atoms with Crippen LogP contribution in [0.15, 0.2) is 18.2 Å². The first kappa shape index (κ1) is 16.3. The number of nitrogens with one attached hydrogen (secondary N) is 1. The van der Waals surface area contributed by atoms with E-state index in [1.54, 1.807) is 6.07 Å². The van der Waals surface area contributed by atoms with Gasteiger partial charge in [0.25, 0.3) is 0 Å². The van der Waals surface area contributed by atoms with Crippen molar-refractivity contribution in [3.63, 3.8) is 0 Å². The van der Waals surface area contributed by atoms with Crippen molar-refractivity contribution < 1.29 is 17.9 Å². The number of anilines is 1. The molecule has 1 aromatic carbocycles. The van der Waals surface area contributed by atoms with Crippen LogP contribution < -0.4 is 5.32 Å². The molecule has 1 N–H and O–H groups in total. The van der Waals surface area contributed by atoms with Crippen LogP contribution in [0.2, 0.25) is 0 Å². The minimum atomic E-state index is -4.52. The van der Waals surface area contributed by atoms with Gasteiger partial charge in [0.1, 0.15) is 0 Å². The summed E-state index contributed by atoms with van der Waals surface area (Å²) < 4.78 is 43.5. The van der Waals surface area contributed by atoms with Crippen LogP contribution in [-0.2, 0) is 10.9 Å². The van der Waals surface area contributed by atoms with Gasteiger partial charge in [0.15, 0.2) is 0 Å². The van der Waals surface area contributed by atoms with Crippen LogP contribution in [0, 0.1) is 11.3 Å². The van der Waals surface area contributed by atoms with Gasteiger partial charge in [-0.3, -0.25) is 0 Å². The Balaban J connectivity index is 2.58. The molecule has 0 aromatic heterocycles. The summed E-state index contributed by atoms with van der Waals surface area (Å²) >= 11 is 0. The number of rotatable bonds is 7. The van der Waals surface area contributed by atoms with Gasteiger partial charge in [0, 0.05) is 25.4 Å². The number of ether oxygens (including phenoxy) is 1. The number of hydrogen-bond acceptors (Lipinski definition) is 3. The molecule has 0 saturated heterocycles. The molecule has 0 aliphatic carbocycles.